The molecule has 0 radical (unpaired) electrons. The highest BCUT2D eigenvalue weighted by Crippen LogP contribution is 2.19. The molecule has 3 rings (SSSR count). The monoisotopic (exact) mass is 237 g/mol. The summed E-state index contributed by atoms with van der Waals surface area (Å²) in [6.07, 6.45) is 3.31. The molecule has 1 aromatic carbocycles. The molecule has 5 nitrogen and oxygen atoms in total. The fourth-order valence-corrected chi connectivity index (χ4v) is 1.73. The third-order valence-corrected chi connectivity index (χ3v) is 2.60. The van der Waals surface area contributed by atoms with Crippen LogP contribution in [0.4, 0.5) is 5.69 Å². The molecule has 0 atom stereocenters. The van der Waals surface area contributed by atoms with E-state index in [4.69, 9.17) is 5.73 Å². The van der Waals surface area contributed by atoms with Crippen LogP contribution in [-0.2, 0) is 0 Å². The molecule has 0 unspecified atom stereocenters. The van der Waals surface area contributed by atoms with Crippen LogP contribution < -0.4 is 5.73 Å². The van der Waals surface area contributed by atoms with Crippen molar-refractivity contribution in [2.45, 2.75) is 0 Å². The number of nitrogens with two attached hydrogens (primary N) is 1. The number of rotatable bonds is 2. The number of benzene rings is 1. The fraction of sp³-hybridized carbons (Fsp3) is 0. The molecule has 88 valence electrons. The molecule has 0 aliphatic rings. The van der Waals surface area contributed by atoms with Gasteiger partial charge in [-0.1, -0.05) is 23.4 Å². The Bertz CT molecular complexity index is 643. The van der Waals surface area contributed by atoms with Crippen LogP contribution in [0.5, 0.6) is 0 Å². The molecule has 0 aliphatic heterocycles. The Morgan fingerprint density at radius 2 is 1.78 bits per heavy atom. The van der Waals surface area contributed by atoms with Crippen molar-refractivity contribution in [3.05, 3.63) is 54.9 Å². The van der Waals surface area contributed by atoms with Gasteiger partial charge in [-0.25, -0.2) is 4.68 Å². The van der Waals surface area contributed by atoms with E-state index in [9.17, 15) is 0 Å². The lowest BCUT2D eigenvalue weighted by atomic mass is 10.2. The number of nitrogen functional groups attached to an aromatic ring is 1. The lowest BCUT2D eigenvalue weighted by molar-refractivity contribution is 0.806. The summed E-state index contributed by atoms with van der Waals surface area (Å²) in [6.45, 7) is 0. The van der Waals surface area contributed by atoms with E-state index in [-0.39, 0.29) is 0 Å². The first-order valence-electron chi connectivity index (χ1n) is 5.52. The zero-order chi connectivity index (χ0) is 12.4. The van der Waals surface area contributed by atoms with Crippen molar-refractivity contribution < 1.29 is 0 Å². The standard InChI is InChI=1S/C13H11N5/c14-10-6-7-12(15-8-10)13-9-16-17-18(13)11-4-2-1-3-5-11/h1-9H,14H2. The zero-order valence-electron chi connectivity index (χ0n) is 9.56. The van der Waals surface area contributed by atoms with Crippen molar-refractivity contribution in [1.29, 1.82) is 0 Å². The number of nitrogens with zero attached hydrogens (tertiary/aromatic N) is 4. The van der Waals surface area contributed by atoms with Crippen LogP contribution >= 0.6 is 0 Å². The van der Waals surface area contributed by atoms with E-state index < -0.39 is 0 Å². The van der Waals surface area contributed by atoms with E-state index in [0.29, 0.717) is 5.69 Å². The van der Waals surface area contributed by atoms with Gasteiger partial charge < -0.3 is 5.73 Å². The molecule has 0 spiro atoms. The molecule has 2 heterocycles. The molecule has 2 N–H and O–H groups in total. The van der Waals surface area contributed by atoms with Gasteiger partial charge in [0.05, 0.1) is 29.5 Å². The predicted octanol–water partition coefficient (Wildman–Crippen LogP) is 1.91. The van der Waals surface area contributed by atoms with Crippen LogP contribution in [0.2, 0.25) is 0 Å². The maximum Gasteiger partial charge on any atom is 0.113 e. The van der Waals surface area contributed by atoms with Gasteiger partial charge in [0.15, 0.2) is 0 Å². The molecule has 2 aromatic heterocycles. The second-order valence-corrected chi connectivity index (χ2v) is 3.84. The number of hydrogen-bond acceptors (Lipinski definition) is 4. The van der Waals surface area contributed by atoms with Gasteiger partial charge in [-0.15, -0.1) is 5.10 Å². The summed E-state index contributed by atoms with van der Waals surface area (Å²) in [5, 5.41) is 8.02. The minimum Gasteiger partial charge on any atom is -0.397 e. The smallest absolute Gasteiger partial charge is 0.113 e. The highest BCUT2D eigenvalue weighted by molar-refractivity contribution is 5.58. The number of hydrogen-bond donors (Lipinski definition) is 1. The van der Waals surface area contributed by atoms with Crippen LogP contribution in [0.3, 0.4) is 0 Å². The van der Waals surface area contributed by atoms with Gasteiger partial charge in [-0.3, -0.25) is 4.98 Å². The van der Waals surface area contributed by atoms with Crippen molar-refractivity contribution in [2.75, 3.05) is 5.73 Å². The highest BCUT2D eigenvalue weighted by Gasteiger charge is 2.09. The summed E-state index contributed by atoms with van der Waals surface area (Å²) in [7, 11) is 0. The van der Waals surface area contributed by atoms with Gasteiger partial charge in [-0.2, -0.15) is 0 Å². The Kier molecular flexibility index (Phi) is 2.49. The molecule has 0 fully saturated rings. The second-order valence-electron chi connectivity index (χ2n) is 3.84. The summed E-state index contributed by atoms with van der Waals surface area (Å²) in [5.41, 5.74) is 8.84. The molecular formula is C13H11N5. The lowest BCUT2D eigenvalue weighted by Crippen LogP contribution is -2.00. The Balaban J connectivity index is 2.10. The van der Waals surface area contributed by atoms with E-state index in [2.05, 4.69) is 15.3 Å². The maximum absolute atomic E-state index is 5.63. The Hall–Kier alpha value is -2.69. The average molecular weight is 237 g/mol. The summed E-state index contributed by atoms with van der Waals surface area (Å²) < 4.78 is 1.75. The number of para-hydroxylation sites is 1. The maximum atomic E-state index is 5.63. The van der Waals surface area contributed by atoms with Crippen LogP contribution in [-0.4, -0.2) is 20.0 Å². The Labute approximate surface area is 104 Å². The number of aromatic nitrogens is 4. The first-order chi connectivity index (χ1) is 8.84. The molecule has 0 amide bonds. The quantitative estimate of drug-likeness (QED) is 0.739. The highest BCUT2D eigenvalue weighted by atomic mass is 15.4. The molecule has 3 aromatic rings. The summed E-state index contributed by atoms with van der Waals surface area (Å²) in [5.74, 6) is 0. The van der Waals surface area contributed by atoms with Gasteiger partial charge in [-0.05, 0) is 24.3 Å². The molecular weight excluding hydrogens is 226 g/mol. The Morgan fingerprint density at radius 3 is 2.50 bits per heavy atom. The molecule has 18 heavy (non-hydrogen) atoms. The topological polar surface area (TPSA) is 69.6 Å². The summed E-state index contributed by atoms with van der Waals surface area (Å²) >= 11 is 0. The van der Waals surface area contributed by atoms with Gasteiger partial charge in [0, 0.05) is 0 Å². The second kappa shape index (κ2) is 4.29. The van der Waals surface area contributed by atoms with Crippen LogP contribution in [0, 0.1) is 0 Å². The van der Waals surface area contributed by atoms with E-state index in [1.54, 1.807) is 17.1 Å². The molecule has 0 bridgehead atoms. The third kappa shape index (κ3) is 1.82. The summed E-state index contributed by atoms with van der Waals surface area (Å²) in [6, 6.07) is 13.5. The first-order valence-corrected chi connectivity index (χ1v) is 5.52. The minimum atomic E-state index is 0.637. The van der Waals surface area contributed by atoms with Crippen LogP contribution in [0.25, 0.3) is 17.1 Å². The first kappa shape index (κ1) is 10.5. The predicted molar refractivity (Wildman–Crippen MR) is 69.0 cm³/mol. The van der Waals surface area contributed by atoms with Crippen molar-refractivity contribution in [3.8, 4) is 17.1 Å². The largest absolute Gasteiger partial charge is 0.397 e. The molecule has 0 saturated carbocycles. The number of pyridine rings is 1. The van der Waals surface area contributed by atoms with Crippen molar-refractivity contribution in [2.24, 2.45) is 0 Å². The third-order valence-electron chi connectivity index (χ3n) is 2.60. The van der Waals surface area contributed by atoms with Gasteiger partial charge in [0.25, 0.3) is 0 Å². The summed E-state index contributed by atoms with van der Waals surface area (Å²) in [4.78, 5) is 4.28. The van der Waals surface area contributed by atoms with Crippen molar-refractivity contribution >= 4 is 5.69 Å². The van der Waals surface area contributed by atoms with Crippen LogP contribution in [0.15, 0.2) is 54.9 Å². The van der Waals surface area contributed by atoms with E-state index in [1.807, 2.05) is 42.5 Å². The van der Waals surface area contributed by atoms with E-state index in [0.717, 1.165) is 17.1 Å². The SMILES string of the molecule is Nc1ccc(-c2cnnn2-c2ccccc2)nc1. The fourth-order valence-electron chi connectivity index (χ4n) is 1.73. The lowest BCUT2D eigenvalue weighted by Gasteiger charge is -2.05. The minimum absolute atomic E-state index is 0.637. The van der Waals surface area contributed by atoms with Crippen molar-refractivity contribution in [3.63, 3.8) is 0 Å². The molecule has 0 aliphatic carbocycles. The van der Waals surface area contributed by atoms with E-state index >= 15 is 0 Å². The molecule has 5 heteroatoms. The molecule has 0 saturated heterocycles. The van der Waals surface area contributed by atoms with Gasteiger partial charge >= 0.3 is 0 Å². The Morgan fingerprint density at radius 1 is 0.944 bits per heavy atom. The van der Waals surface area contributed by atoms with E-state index in [1.165, 1.54) is 0 Å². The number of anilines is 1. The van der Waals surface area contributed by atoms with Crippen molar-refractivity contribution in [1.82, 2.24) is 20.0 Å². The van der Waals surface area contributed by atoms with Crippen LogP contribution in [0.1, 0.15) is 0 Å². The van der Waals surface area contributed by atoms with Gasteiger partial charge in [0.2, 0.25) is 0 Å². The average Bonchev–Trinajstić information content (AvgIpc) is 2.90. The normalized spacial score (nSPS) is 10.4. The zero-order valence-corrected chi connectivity index (χ0v) is 9.56. The van der Waals surface area contributed by atoms with Gasteiger partial charge in [0.1, 0.15) is 5.69 Å².